The van der Waals surface area contributed by atoms with Crippen molar-refractivity contribution in [2.24, 2.45) is 0 Å². The summed E-state index contributed by atoms with van der Waals surface area (Å²) in [6, 6.07) is 4.99. The van der Waals surface area contributed by atoms with E-state index < -0.39 is 0 Å². The van der Waals surface area contributed by atoms with Crippen LogP contribution in [-0.2, 0) is 6.42 Å². The summed E-state index contributed by atoms with van der Waals surface area (Å²) in [7, 11) is 2.21. The van der Waals surface area contributed by atoms with E-state index in [2.05, 4.69) is 48.6 Å². The minimum atomic E-state index is 0.634. The Hall–Kier alpha value is -0.380. The zero-order valence-corrected chi connectivity index (χ0v) is 11.5. The van der Waals surface area contributed by atoms with Crippen molar-refractivity contribution >= 4 is 11.3 Å². The number of likely N-dealkylation sites (N-methyl/N-ethyl adjacent to an activating group) is 1. The normalized spacial score (nSPS) is 13.2. The lowest BCUT2D eigenvalue weighted by molar-refractivity contribution is 0.315. The maximum atomic E-state index is 3.45. The van der Waals surface area contributed by atoms with Crippen LogP contribution in [0.3, 0.4) is 0 Å². The Morgan fingerprint density at radius 2 is 2.25 bits per heavy atom. The van der Waals surface area contributed by atoms with E-state index in [4.69, 9.17) is 0 Å². The number of hydrogen-bond donors (Lipinski definition) is 1. The average molecular weight is 240 g/mol. The van der Waals surface area contributed by atoms with Gasteiger partial charge in [-0.2, -0.15) is 0 Å². The van der Waals surface area contributed by atoms with Gasteiger partial charge in [-0.25, -0.2) is 0 Å². The van der Waals surface area contributed by atoms with Crippen molar-refractivity contribution in [1.82, 2.24) is 10.2 Å². The van der Waals surface area contributed by atoms with Gasteiger partial charge in [0.25, 0.3) is 0 Å². The van der Waals surface area contributed by atoms with Crippen LogP contribution in [0.1, 0.15) is 25.1 Å². The van der Waals surface area contributed by atoms with Gasteiger partial charge in [0.1, 0.15) is 0 Å². The van der Waals surface area contributed by atoms with Crippen molar-refractivity contribution in [3.05, 3.63) is 22.4 Å². The summed E-state index contributed by atoms with van der Waals surface area (Å²) in [4.78, 5) is 3.92. The van der Waals surface area contributed by atoms with Gasteiger partial charge in [0.05, 0.1) is 0 Å². The SMILES string of the molecule is CCNC(C)CCN(C)CCc1cccs1. The van der Waals surface area contributed by atoms with Crippen LogP contribution in [0.4, 0.5) is 0 Å². The maximum Gasteiger partial charge on any atom is 0.00579 e. The highest BCUT2D eigenvalue weighted by atomic mass is 32.1. The molecule has 1 aromatic heterocycles. The quantitative estimate of drug-likeness (QED) is 0.751. The van der Waals surface area contributed by atoms with Crippen LogP contribution in [-0.4, -0.2) is 37.6 Å². The van der Waals surface area contributed by atoms with E-state index in [1.165, 1.54) is 30.8 Å². The van der Waals surface area contributed by atoms with E-state index in [9.17, 15) is 0 Å². The molecule has 0 aliphatic carbocycles. The van der Waals surface area contributed by atoms with Gasteiger partial charge in [-0.1, -0.05) is 13.0 Å². The minimum absolute atomic E-state index is 0.634. The summed E-state index contributed by atoms with van der Waals surface area (Å²) in [5.41, 5.74) is 0. The predicted molar refractivity (Wildman–Crippen MR) is 73.3 cm³/mol. The van der Waals surface area contributed by atoms with E-state index in [1.54, 1.807) is 0 Å². The van der Waals surface area contributed by atoms with Crippen LogP contribution in [0.5, 0.6) is 0 Å². The first kappa shape index (κ1) is 13.7. The molecule has 0 saturated heterocycles. The highest BCUT2D eigenvalue weighted by Gasteiger charge is 2.03. The molecule has 0 radical (unpaired) electrons. The van der Waals surface area contributed by atoms with Gasteiger partial charge in [0, 0.05) is 17.5 Å². The minimum Gasteiger partial charge on any atom is -0.314 e. The molecule has 3 heteroatoms. The van der Waals surface area contributed by atoms with Gasteiger partial charge >= 0.3 is 0 Å². The fourth-order valence-corrected chi connectivity index (χ4v) is 2.43. The summed E-state index contributed by atoms with van der Waals surface area (Å²) in [5.74, 6) is 0. The van der Waals surface area contributed by atoms with Gasteiger partial charge in [-0.3, -0.25) is 0 Å². The monoisotopic (exact) mass is 240 g/mol. The Morgan fingerprint density at radius 1 is 1.44 bits per heavy atom. The van der Waals surface area contributed by atoms with Crippen molar-refractivity contribution in [1.29, 1.82) is 0 Å². The third-order valence-corrected chi connectivity index (χ3v) is 3.75. The summed E-state index contributed by atoms with van der Waals surface area (Å²) in [6.07, 6.45) is 2.42. The molecule has 1 unspecified atom stereocenters. The van der Waals surface area contributed by atoms with Gasteiger partial charge in [-0.15, -0.1) is 11.3 Å². The van der Waals surface area contributed by atoms with E-state index >= 15 is 0 Å². The van der Waals surface area contributed by atoms with Gasteiger partial charge in [-0.05, 0) is 51.3 Å². The number of nitrogens with one attached hydrogen (secondary N) is 1. The molecule has 0 amide bonds. The van der Waals surface area contributed by atoms with E-state index in [0.717, 1.165) is 6.54 Å². The van der Waals surface area contributed by atoms with Crippen molar-refractivity contribution in [2.45, 2.75) is 32.7 Å². The maximum absolute atomic E-state index is 3.45. The zero-order valence-electron chi connectivity index (χ0n) is 10.7. The van der Waals surface area contributed by atoms with Crippen LogP contribution in [0.25, 0.3) is 0 Å². The summed E-state index contributed by atoms with van der Waals surface area (Å²) in [6.45, 7) is 7.84. The van der Waals surface area contributed by atoms with E-state index in [1.807, 2.05) is 11.3 Å². The third-order valence-electron chi connectivity index (χ3n) is 2.82. The molecule has 1 aromatic rings. The molecule has 0 saturated carbocycles. The molecule has 16 heavy (non-hydrogen) atoms. The molecule has 0 fully saturated rings. The highest BCUT2D eigenvalue weighted by Crippen LogP contribution is 2.09. The third kappa shape index (κ3) is 5.64. The molecule has 0 aliphatic heterocycles. The van der Waals surface area contributed by atoms with Crippen LogP contribution in [0.15, 0.2) is 17.5 Å². The number of rotatable bonds is 8. The smallest absolute Gasteiger partial charge is 0.00579 e. The topological polar surface area (TPSA) is 15.3 Å². The zero-order chi connectivity index (χ0) is 11.8. The number of hydrogen-bond acceptors (Lipinski definition) is 3. The van der Waals surface area contributed by atoms with Crippen LogP contribution >= 0.6 is 11.3 Å². The molecule has 0 spiro atoms. The van der Waals surface area contributed by atoms with Crippen molar-refractivity contribution < 1.29 is 0 Å². The molecule has 0 aromatic carbocycles. The molecule has 1 atom stereocenters. The Morgan fingerprint density at radius 3 is 2.88 bits per heavy atom. The Kier molecular flexibility index (Phi) is 6.69. The summed E-state index contributed by atoms with van der Waals surface area (Å²) < 4.78 is 0. The largest absolute Gasteiger partial charge is 0.314 e. The van der Waals surface area contributed by atoms with E-state index in [-0.39, 0.29) is 0 Å². The lowest BCUT2D eigenvalue weighted by atomic mass is 10.2. The summed E-state index contributed by atoms with van der Waals surface area (Å²) >= 11 is 1.86. The number of thiophene rings is 1. The van der Waals surface area contributed by atoms with Gasteiger partial charge < -0.3 is 10.2 Å². The fourth-order valence-electron chi connectivity index (χ4n) is 1.73. The summed E-state index contributed by atoms with van der Waals surface area (Å²) in [5, 5.41) is 5.60. The van der Waals surface area contributed by atoms with Crippen LogP contribution in [0, 0.1) is 0 Å². The highest BCUT2D eigenvalue weighted by molar-refractivity contribution is 7.09. The second-order valence-electron chi connectivity index (χ2n) is 4.38. The average Bonchev–Trinajstić information content (AvgIpc) is 2.77. The molecular formula is C13H24N2S. The number of nitrogens with zero attached hydrogens (tertiary/aromatic N) is 1. The molecule has 2 nitrogen and oxygen atoms in total. The molecule has 1 N–H and O–H groups in total. The van der Waals surface area contributed by atoms with Crippen molar-refractivity contribution in [2.75, 3.05) is 26.7 Å². The van der Waals surface area contributed by atoms with Crippen molar-refractivity contribution in [3.63, 3.8) is 0 Å². The van der Waals surface area contributed by atoms with Crippen molar-refractivity contribution in [3.8, 4) is 0 Å². The van der Waals surface area contributed by atoms with E-state index in [0.29, 0.717) is 6.04 Å². The van der Waals surface area contributed by atoms with Crippen LogP contribution in [0.2, 0.25) is 0 Å². The molecule has 92 valence electrons. The Bertz CT molecular complexity index is 259. The Balaban J connectivity index is 2.09. The molecule has 0 aliphatic rings. The molecule has 1 rings (SSSR count). The first-order valence-electron chi connectivity index (χ1n) is 6.16. The first-order chi connectivity index (χ1) is 7.72. The Labute approximate surface area is 104 Å². The standard InChI is InChI=1S/C13H24N2S/c1-4-14-12(2)7-9-15(3)10-8-13-6-5-11-16-13/h5-6,11-12,14H,4,7-10H2,1-3H3. The predicted octanol–water partition coefficient (Wildman–Crippen LogP) is 2.61. The lowest BCUT2D eigenvalue weighted by Crippen LogP contribution is -2.31. The van der Waals surface area contributed by atoms with Gasteiger partial charge in [0.15, 0.2) is 0 Å². The second-order valence-corrected chi connectivity index (χ2v) is 5.41. The second kappa shape index (κ2) is 7.82. The fraction of sp³-hybridized carbons (Fsp3) is 0.692. The molecular weight excluding hydrogens is 216 g/mol. The van der Waals surface area contributed by atoms with Crippen LogP contribution < -0.4 is 5.32 Å². The lowest BCUT2D eigenvalue weighted by Gasteiger charge is -2.19. The first-order valence-corrected chi connectivity index (χ1v) is 7.04. The molecule has 1 heterocycles. The molecule has 0 bridgehead atoms. The van der Waals surface area contributed by atoms with Gasteiger partial charge in [0.2, 0.25) is 0 Å².